The number of rotatable bonds is 4. The fourth-order valence-corrected chi connectivity index (χ4v) is 2.28. The second kappa shape index (κ2) is 5.37. The number of benzene rings is 1. The Labute approximate surface area is 98.4 Å². The maximum absolute atomic E-state index is 9.89. The maximum atomic E-state index is 9.89. The van der Waals surface area contributed by atoms with Crippen molar-refractivity contribution in [1.29, 1.82) is 0 Å². The molecule has 3 nitrogen and oxygen atoms in total. The Morgan fingerprint density at radius 1 is 1.53 bits per heavy atom. The van der Waals surface area contributed by atoms with Gasteiger partial charge in [-0.25, -0.2) is 0 Å². The minimum atomic E-state index is 0.255. The number of phenols is 1. The molecule has 4 heteroatoms. The van der Waals surface area contributed by atoms with Gasteiger partial charge in [-0.15, -0.1) is 0 Å². The van der Waals surface area contributed by atoms with Crippen LogP contribution in [0.1, 0.15) is 17.5 Å². The molecule has 0 fully saturated rings. The molecule has 1 aromatic carbocycles. The summed E-state index contributed by atoms with van der Waals surface area (Å²) in [4.78, 5) is 0. The molecule has 0 atom stereocenters. The van der Waals surface area contributed by atoms with Gasteiger partial charge >= 0.3 is 0 Å². The molecule has 1 rings (SSSR count). The van der Waals surface area contributed by atoms with E-state index in [1.54, 1.807) is 7.11 Å². The Balaban J connectivity index is 3.10. The molecule has 15 heavy (non-hydrogen) atoms. The zero-order chi connectivity index (χ0) is 11.4. The Morgan fingerprint density at radius 2 is 2.20 bits per heavy atom. The topological polar surface area (TPSA) is 55.5 Å². The first-order valence-electron chi connectivity index (χ1n) is 4.86. The normalized spacial score (nSPS) is 10.4. The van der Waals surface area contributed by atoms with Crippen molar-refractivity contribution >= 4 is 15.9 Å². The fraction of sp³-hybridized carbons (Fsp3) is 0.455. The van der Waals surface area contributed by atoms with Crippen LogP contribution in [0.25, 0.3) is 0 Å². The number of nitrogens with two attached hydrogens (primary N) is 1. The number of ether oxygens (including phenoxy) is 1. The van der Waals surface area contributed by atoms with Crippen LogP contribution in [0.2, 0.25) is 0 Å². The molecule has 0 amide bonds. The predicted molar refractivity (Wildman–Crippen MR) is 64.5 cm³/mol. The SMILES string of the molecule is COc1c(C)cc(CCCN)c(O)c1Br. The monoisotopic (exact) mass is 273 g/mol. The van der Waals surface area contributed by atoms with Crippen LogP contribution >= 0.6 is 15.9 Å². The molecular weight excluding hydrogens is 258 g/mol. The lowest BCUT2D eigenvalue weighted by Gasteiger charge is -2.12. The minimum absolute atomic E-state index is 0.255. The van der Waals surface area contributed by atoms with Crippen LogP contribution in [0.4, 0.5) is 0 Å². The van der Waals surface area contributed by atoms with Gasteiger partial charge in [0.2, 0.25) is 0 Å². The summed E-state index contributed by atoms with van der Waals surface area (Å²) in [5, 5.41) is 9.89. The zero-order valence-electron chi connectivity index (χ0n) is 9.01. The first-order chi connectivity index (χ1) is 7.11. The molecule has 1 aromatic rings. The van der Waals surface area contributed by atoms with Crippen LogP contribution in [0.15, 0.2) is 10.5 Å². The summed E-state index contributed by atoms with van der Waals surface area (Å²) in [6.45, 7) is 2.58. The van der Waals surface area contributed by atoms with Crippen LogP contribution in [0, 0.1) is 6.92 Å². The van der Waals surface area contributed by atoms with Gasteiger partial charge in [-0.1, -0.05) is 0 Å². The van der Waals surface area contributed by atoms with E-state index < -0.39 is 0 Å². The van der Waals surface area contributed by atoms with Crippen molar-refractivity contribution in [2.75, 3.05) is 13.7 Å². The van der Waals surface area contributed by atoms with E-state index in [9.17, 15) is 5.11 Å². The maximum Gasteiger partial charge on any atom is 0.139 e. The molecule has 0 saturated carbocycles. The van der Waals surface area contributed by atoms with Crippen LogP contribution in [-0.4, -0.2) is 18.8 Å². The molecule has 0 unspecified atom stereocenters. The van der Waals surface area contributed by atoms with Crippen LogP contribution < -0.4 is 10.5 Å². The number of methoxy groups -OCH3 is 1. The molecular formula is C11H16BrNO2. The van der Waals surface area contributed by atoms with Crippen molar-refractivity contribution in [3.63, 3.8) is 0 Å². The lowest BCUT2D eigenvalue weighted by molar-refractivity contribution is 0.399. The van der Waals surface area contributed by atoms with E-state index in [2.05, 4.69) is 15.9 Å². The molecule has 0 aliphatic heterocycles. The van der Waals surface area contributed by atoms with Crippen molar-refractivity contribution in [1.82, 2.24) is 0 Å². The van der Waals surface area contributed by atoms with Crippen molar-refractivity contribution in [3.05, 3.63) is 21.7 Å². The number of halogens is 1. The first-order valence-corrected chi connectivity index (χ1v) is 5.66. The third-order valence-electron chi connectivity index (χ3n) is 2.31. The second-order valence-electron chi connectivity index (χ2n) is 3.44. The molecule has 0 aliphatic rings. The summed E-state index contributed by atoms with van der Waals surface area (Å²) < 4.78 is 5.81. The highest BCUT2D eigenvalue weighted by molar-refractivity contribution is 9.10. The summed E-state index contributed by atoms with van der Waals surface area (Å²) in [6, 6.07) is 1.94. The van der Waals surface area contributed by atoms with Crippen LogP contribution in [-0.2, 0) is 6.42 Å². The molecule has 0 saturated heterocycles. The Bertz CT molecular complexity index is 353. The summed E-state index contributed by atoms with van der Waals surface area (Å²) in [5.74, 6) is 0.940. The standard InChI is InChI=1S/C11H16BrNO2/c1-7-6-8(4-3-5-13)10(14)9(12)11(7)15-2/h6,14H,3-5,13H2,1-2H3. The van der Waals surface area contributed by atoms with E-state index in [1.165, 1.54) is 0 Å². The molecule has 0 spiro atoms. The summed E-state index contributed by atoms with van der Waals surface area (Å²) in [7, 11) is 1.59. The van der Waals surface area contributed by atoms with Crippen LogP contribution in [0.3, 0.4) is 0 Å². The minimum Gasteiger partial charge on any atom is -0.506 e. The Morgan fingerprint density at radius 3 is 2.73 bits per heavy atom. The van der Waals surface area contributed by atoms with Crippen molar-refractivity contribution < 1.29 is 9.84 Å². The van der Waals surface area contributed by atoms with Gasteiger partial charge in [-0.05, 0) is 59.4 Å². The summed E-state index contributed by atoms with van der Waals surface area (Å²) in [5.41, 5.74) is 7.36. The number of phenolic OH excluding ortho intramolecular Hbond substituents is 1. The van der Waals surface area contributed by atoms with E-state index >= 15 is 0 Å². The third kappa shape index (κ3) is 2.63. The summed E-state index contributed by atoms with van der Waals surface area (Å²) >= 11 is 3.33. The average molecular weight is 274 g/mol. The van der Waals surface area contributed by atoms with E-state index in [0.717, 1.165) is 24.0 Å². The fourth-order valence-electron chi connectivity index (χ4n) is 1.55. The predicted octanol–water partition coefficient (Wildman–Crippen LogP) is 2.36. The highest BCUT2D eigenvalue weighted by Gasteiger charge is 2.13. The molecule has 3 N–H and O–H groups in total. The highest BCUT2D eigenvalue weighted by Crippen LogP contribution is 2.39. The number of hydrogen-bond acceptors (Lipinski definition) is 3. The number of aryl methyl sites for hydroxylation is 2. The average Bonchev–Trinajstić information content (AvgIpc) is 2.22. The highest BCUT2D eigenvalue weighted by atomic mass is 79.9. The zero-order valence-corrected chi connectivity index (χ0v) is 10.6. The van der Waals surface area contributed by atoms with Gasteiger partial charge in [0.1, 0.15) is 16.0 Å². The third-order valence-corrected chi connectivity index (χ3v) is 3.05. The van der Waals surface area contributed by atoms with E-state index in [4.69, 9.17) is 10.5 Å². The van der Waals surface area contributed by atoms with Crippen molar-refractivity contribution in [2.45, 2.75) is 19.8 Å². The second-order valence-corrected chi connectivity index (χ2v) is 4.23. The van der Waals surface area contributed by atoms with Gasteiger partial charge in [-0.2, -0.15) is 0 Å². The number of aromatic hydroxyl groups is 1. The quantitative estimate of drug-likeness (QED) is 0.886. The van der Waals surface area contributed by atoms with Gasteiger partial charge in [0, 0.05) is 0 Å². The lowest BCUT2D eigenvalue weighted by atomic mass is 10.0. The molecule has 0 aromatic heterocycles. The van der Waals surface area contributed by atoms with E-state index in [1.807, 2.05) is 13.0 Å². The molecule has 0 bridgehead atoms. The molecule has 0 radical (unpaired) electrons. The number of hydrogen-bond donors (Lipinski definition) is 2. The Kier molecular flexibility index (Phi) is 4.42. The van der Waals surface area contributed by atoms with Gasteiger partial charge in [0.15, 0.2) is 0 Å². The molecule has 0 heterocycles. The van der Waals surface area contributed by atoms with Gasteiger partial charge in [0.25, 0.3) is 0 Å². The summed E-state index contributed by atoms with van der Waals surface area (Å²) in [6.07, 6.45) is 1.65. The Hall–Kier alpha value is -0.740. The van der Waals surface area contributed by atoms with E-state index in [-0.39, 0.29) is 5.75 Å². The lowest BCUT2D eigenvalue weighted by Crippen LogP contribution is -2.01. The largest absolute Gasteiger partial charge is 0.506 e. The van der Waals surface area contributed by atoms with Gasteiger partial charge < -0.3 is 15.6 Å². The van der Waals surface area contributed by atoms with E-state index in [0.29, 0.717) is 16.8 Å². The first kappa shape index (κ1) is 12.3. The molecule has 84 valence electrons. The van der Waals surface area contributed by atoms with Crippen LogP contribution in [0.5, 0.6) is 11.5 Å². The van der Waals surface area contributed by atoms with Gasteiger partial charge in [-0.3, -0.25) is 0 Å². The molecule has 0 aliphatic carbocycles. The smallest absolute Gasteiger partial charge is 0.139 e. The van der Waals surface area contributed by atoms with Crippen molar-refractivity contribution in [3.8, 4) is 11.5 Å². The van der Waals surface area contributed by atoms with Crippen molar-refractivity contribution in [2.24, 2.45) is 5.73 Å². The van der Waals surface area contributed by atoms with Gasteiger partial charge in [0.05, 0.1) is 7.11 Å².